The van der Waals surface area contributed by atoms with Crippen molar-refractivity contribution in [1.82, 2.24) is 5.32 Å². The third-order valence-corrected chi connectivity index (χ3v) is 4.60. The number of amides is 1. The Balaban J connectivity index is 1.62. The molecule has 6 nitrogen and oxygen atoms in total. The molecule has 7 heteroatoms. The zero-order valence-corrected chi connectivity index (χ0v) is 13.9. The fraction of sp³-hybridized carbons (Fsp3) is 0.111. The smallest absolute Gasteiger partial charge is 0.240 e. The number of hydrogen-bond acceptors (Lipinski definition) is 6. The Bertz CT molecular complexity index is 850. The molecule has 1 heterocycles. The van der Waals surface area contributed by atoms with Crippen molar-refractivity contribution in [2.45, 2.75) is 11.7 Å². The van der Waals surface area contributed by atoms with E-state index in [2.05, 4.69) is 15.5 Å². The lowest BCUT2D eigenvalue weighted by Crippen LogP contribution is -2.26. The number of rotatable bonds is 5. The Kier molecular flexibility index (Phi) is 5.25. The Hall–Kier alpha value is -2.93. The predicted molar refractivity (Wildman–Crippen MR) is 98.0 cm³/mol. The summed E-state index contributed by atoms with van der Waals surface area (Å²) in [5.74, 6) is -0.251. The summed E-state index contributed by atoms with van der Waals surface area (Å²) < 4.78 is 0. The highest BCUT2D eigenvalue weighted by molar-refractivity contribution is 8.15. The molecule has 0 spiro atoms. The minimum Gasteiger partial charge on any atom is -0.507 e. The standard InChI is InChI=1S/C18H15N3O3S/c22-14-9-5-4-8-13(14)11-19-21-18-20-17(24)16(25-18)10-15(23)12-6-2-1-3-7-12/h1-9,11,16,22H,10H2,(H,20,21,24)/b19-11+. The van der Waals surface area contributed by atoms with Gasteiger partial charge in [-0.1, -0.05) is 54.2 Å². The van der Waals surface area contributed by atoms with Crippen molar-refractivity contribution < 1.29 is 14.7 Å². The molecule has 1 unspecified atom stereocenters. The van der Waals surface area contributed by atoms with Gasteiger partial charge >= 0.3 is 0 Å². The van der Waals surface area contributed by atoms with Crippen LogP contribution in [-0.2, 0) is 4.79 Å². The van der Waals surface area contributed by atoms with E-state index in [4.69, 9.17) is 0 Å². The maximum absolute atomic E-state index is 12.2. The van der Waals surface area contributed by atoms with Crippen LogP contribution in [0.15, 0.2) is 64.8 Å². The molecule has 1 amide bonds. The van der Waals surface area contributed by atoms with Crippen LogP contribution in [0.25, 0.3) is 0 Å². The zero-order chi connectivity index (χ0) is 17.6. The average molecular weight is 353 g/mol. The van der Waals surface area contributed by atoms with Crippen LogP contribution >= 0.6 is 11.8 Å². The summed E-state index contributed by atoms with van der Waals surface area (Å²) in [6.07, 6.45) is 1.50. The van der Waals surface area contributed by atoms with Gasteiger partial charge in [0, 0.05) is 17.5 Å². The van der Waals surface area contributed by atoms with Gasteiger partial charge in [0.15, 0.2) is 11.0 Å². The molecule has 1 aliphatic heterocycles. The third-order valence-electron chi connectivity index (χ3n) is 3.53. The number of nitrogens with one attached hydrogen (secondary N) is 1. The van der Waals surface area contributed by atoms with Crippen molar-refractivity contribution >= 4 is 34.8 Å². The first-order valence-corrected chi connectivity index (χ1v) is 8.46. The normalized spacial score (nSPS) is 18.6. The SMILES string of the molecule is O=C(CC1S/C(=N/N=C/c2ccccc2O)NC1=O)c1ccccc1. The van der Waals surface area contributed by atoms with Crippen LogP contribution in [0, 0.1) is 0 Å². The van der Waals surface area contributed by atoms with Gasteiger partial charge in [-0.15, -0.1) is 5.10 Å². The van der Waals surface area contributed by atoms with Crippen molar-refractivity contribution in [3.05, 3.63) is 65.7 Å². The second-order valence-electron chi connectivity index (χ2n) is 5.30. The Morgan fingerprint density at radius 1 is 1.16 bits per heavy atom. The Morgan fingerprint density at radius 2 is 1.88 bits per heavy atom. The van der Waals surface area contributed by atoms with Crippen LogP contribution in [0.5, 0.6) is 5.75 Å². The van der Waals surface area contributed by atoms with Gasteiger partial charge in [-0.2, -0.15) is 5.10 Å². The van der Waals surface area contributed by atoms with E-state index in [0.717, 1.165) is 0 Å². The van der Waals surface area contributed by atoms with Gasteiger partial charge in [-0.25, -0.2) is 0 Å². The number of Topliss-reactive ketones (excluding diaryl/α,β-unsaturated/α-hetero) is 1. The molecule has 3 rings (SSSR count). The minimum atomic E-state index is -0.521. The second-order valence-corrected chi connectivity index (χ2v) is 6.49. The van der Waals surface area contributed by atoms with E-state index in [-0.39, 0.29) is 23.9 Å². The highest BCUT2D eigenvalue weighted by atomic mass is 32.2. The van der Waals surface area contributed by atoms with Crippen LogP contribution in [0.3, 0.4) is 0 Å². The van der Waals surface area contributed by atoms with Gasteiger partial charge in [-0.05, 0) is 12.1 Å². The lowest BCUT2D eigenvalue weighted by molar-refractivity contribution is -0.118. The molecule has 1 fully saturated rings. The van der Waals surface area contributed by atoms with Crippen LogP contribution in [0.1, 0.15) is 22.3 Å². The van der Waals surface area contributed by atoms with Gasteiger partial charge in [0.25, 0.3) is 0 Å². The van der Waals surface area contributed by atoms with Crippen LogP contribution < -0.4 is 5.32 Å². The van der Waals surface area contributed by atoms with Crippen molar-refractivity contribution in [2.75, 3.05) is 0 Å². The number of phenols is 1. The van der Waals surface area contributed by atoms with Crippen molar-refractivity contribution in [1.29, 1.82) is 0 Å². The number of benzene rings is 2. The number of carbonyl (C=O) groups is 2. The summed E-state index contributed by atoms with van der Waals surface area (Å²) in [6.45, 7) is 0. The molecule has 0 bridgehead atoms. The molecule has 0 saturated carbocycles. The number of phenolic OH excluding ortho intramolecular Hbond substituents is 1. The molecule has 0 aromatic heterocycles. The van der Waals surface area contributed by atoms with Gasteiger partial charge in [0.2, 0.25) is 5.91 Å². The van der Waals surface area contributed by atoms with Crippen LogP contribution in [0.4, 0.5) is 0 Å². The summed E-state index contributed by atoms with van der Waals surface area (Å²) in [4.78, 5) is 24.2. The predicted octanol–water partition coefficient (Wildman–Crippen LogP) is 2.59. The maximum atomic E-state index is 12.2. The van der Waals surface area contributed by atoms with E-state index in [1.165, 1.54) is 18.0 Å². The second kappa shape index (κ2) is 7.76. The average Bonchev–Trinajstić information content (AvgIpc) is 2.97. The molecular weight excluding hydrogens is 338 g/mol. The van der Waals surface area contributed by atoms with E-state index in [0.29, 0.717) is 16.3 Å². The molecule has 2 N–H and O–H groups in total. The molecule has 1 saturated heterocycles. The quantitative estimate of drug-likeness (QED) is 0.491. The van der Waals surface area contributed by atoms with Crippen LogP contribution in [-0.4, -0.2) is 33.4 Å². The molecule has 2 aromatic carbocycles. The third kappa shape index (κ3) is 4.33. The fourth-order valence-corrected chi connectivity index (χ4v) is 3.16. The van der Waals surface area contributed by atoms with E-state index < -0.39 is 5.25 Å². The molecule has 1 atom stereocenters. The van der Waals surface area contributed by atoms with Crippen LogP contribution in [0.2, 0.25) is 0 Å². The summed E-state index contributed by atoms with van der Waals surface area (Å²) in [7, 11) is 0. The number of thioether (sulfide) groups is 1. The Labute approximate surface area is 148 Å². The highest BCUT2D eigenvalue weighted by Gasteiger charge is 2.32. The molecule has 25 heavy (non-hydrogen) atoms. The van der Waals surface area contributed by atoms with Crippen molar-refractivity contribution in [3.63, 3.8) is 0 Å². The number of carbonyl (C=O) groups excluding carboxylic acids is 2. The molecule has 0 aliphatic carbocycles. The first-order chi connectivity index (χ1) is 12.1. The summed E-state index contributed by atoms with van der Waals surface area (Å²) in [6, 6.07) is 15.6. The summed E-state index contributed by atoms with van der Waals surface area (Å²) in [5.41, 5.74) is 1.11. The molecule has 1 aliphatic rings. The molecule has 2 aromatic rings. The largest absolute Gasteiger partial charge is 0.507 e. The van der Waals surface area contributed by atoms with Crippen molar-refractivity contribution in [3.8, 4) is 5.75 Å². The number of nitrogens with zero attached hydrogens (tertiary/aromatic N) is 2. The van der Waals surface area contributed by atoms with E-state index in [1.807, 2.05) is 6.07 Å². The topological polar surface area (TPSA) is 91.1 Å². The van der Waals surface area contributed by atoms with Gasteiger partial charge in [-0.3, -0.25) is 9.59 Å². The molecule has 126 valence electrons. The number of aromatic hydroxyl groups is 1. The number of ketones is 1. The monoisotopic (exact) mass is 353 g/mol. The molecule has 0 radical (unpaired) electrons. The van der Waals surface area contributed by atoms with Gasteiger partial charge in [0.05, 0.1) is 11.5 Å². The maximum Gasteiger partial charge on any atom is 0.240 e. The zero-order valence-electron chi connectivity index (χ0n) is 13.1. The van der Waals surface area contributed by atoms with E-state index in [1.54, 1.807) is 48.5 Å². The first-order valence-electron chi connectivity index (χ1n) is 7.58. The molecular formula is C18H15N3O3S. The highest BCUT2D eigenvalue weighted by Crippen LogP contribution is 2.24. The van der Waals surface area contributed by atoms with Gasteiger partial charge in [0.1, 0.15) is 5.75 Å². The first kappa shape index (κ1) is 16.9. The van der Waals surface area contributed by atoms with E-state index in [9.17, 15) is 14.7 Å². The summed E-state index contributed by atoms with van der Waals surface area (Å²) in [5, 5.41) is 19.9. The Morgan fingerprint density at radius 3 is 2.64 bits per heavy atom. The van der Waals surface area contributed by atoms with Crippen molar-refractivity contribution in [2.24, 2.45) is 10.2 Å². The number of para-hydroxylation sites is 1. The minimum absolute atomic E-state index is 0.0905. The van der Waals surface area contributed by atoms with Gasteiger partial charge < -0.3 is 10.4 Å². The summed E-state index contributed by atoms with van der Waals surface area (Å²) >= 11 is 1.17. The number of amidine groups is 1. The lowest BCUT2D eigenvalue weighted by atomic mass is 10.1. The van der Waals surface area contributed by atoms with E-state index >= 15 is 0 Å². The number of hydrogen-bond donors (Lipinski definition) is 2. The lowest BCUT2D eigenvalue weighted by Gasteiger charge is -2.04. The fourth-order valence-electron chi connectivity index (χ4n) is 2.24.